The van der Waals surface area contributed by atoms with Gasteiger partial charge in [-0.2, -0.15) is 5.26 Å². The Morgan fingerprint density at radius 3 is 2.39 bits per heavy atom. The lowest BCUT2D eigenvalue weighted by Crippen LogP contribution is -2.52. The Morgan fingerprint density at radius 2 is 1.87 bits per heavy atom. The first-order valence-corrected chi connectivity index (χ1v) is 7.69. The van der Waals surface area contributed by atoms with Crippen molar-refractivity contribution < 1.29 is 19.4 Å². The van der Waals surface area contributed by atoms with Gasteiger partial charge in [-0.05, 0) is 44.0 Å². The maximum atomic E-state index is 12.3. The number of nitrogens with one attached hydrogen (secondary N) is 1. The summed E-state index contributed by atoms with van der Waals surface area (Å²) in [5, 5.41) is 21.0. The maximum absolute atomic E-state index is 12.3. The van der Waals surface area contributed by atoms with E-state index in [9.17, 15) is 14.9 Å². The normalized spacial score (nSPS) is 17.6. The molecular weight excluding hydrogens is 296 g/mol. The second-order valence-electron chi connectivity index (χ2n) is 5.83. The standard InChI is InChI=1S/C17H20N2O4/c1-12(23-14-7-5-13(6-8-14)16(21)22)15(20)19-17(11-18)9-3-2-4-10-17/h5-8,12H,2-4,9-10H2,1H3,(H,19,20)(H,21,22). The molecule has 0 aliphatic heterocycles. The van der Waals surface area contributed by atoms with E-state index in [1.54, 1.807) is 6.92 Å². The van der Waals surface area contributed by atoms with Crippen molar-refractivity contribution in [3.63, 3.8) is 0 Å². The minimum Gasteiger partial charge on any atom is -0.481 e. The molecule has 1 aliphatic rings. The van der Waals surface area contributed by atoms with Crippen LogP contribution >= 0.6 is 0 Å². The minimum absolute atomic E-state index is 0.153. The number of carboxylic acids is 1. The van der Waals surface area contributed by atoms with E-state index in [1.807, 2.05) is 0 Å². The molecule has 122 valence electrons. The fourth-order valence-electron chi connectivity index (χ4n) is 2.69. The largest absolute Gasteiger partial charge is 0.481 e. The highest BCUT2D eigenvalue weighted by Crippen LogP contribution is 2.27. The number of carboxylic acid groups (broad SMARTS) is 1. The summed E-state index contributed by atoms with van der Waals surface area (Å²) in [6.45, 7) is 1.61. The Hall–Kier alpha value is -2.55. The van der Waals surface area contributed by atoms with Crippen LogP contribution in [-0.2, 0) is 4.79 Å². The van der Waals surface area contributed by atoms with E-state index >= 15 is 0 Å². The molecule has 0 saturated heterocycles. The lowest BCUT2D eigenvalue weighted by molar-refractivity contribution is -0.129. The molecule has 6 heteroatoms. The molecule has 2 rings (SSSR count). The average molecular weight is 316 g/mol. The van der Waals surface area contributed by atoms with Gasteiger partial charge in [-0.3, -0.25) is 4.79 Å². The Morgan fingerprint density at radius 1 is 1.26 bits per heavy atom. The number of benzene rings is 1. The number of ether oxygens (including phenoxy) is 1. The van der Waals surface area contributed by atoms with Gasteiger partial charge in [0.2, 0.25) is 0 Å². The predicted molar refractivity (Wildman–Crippen MR) is 83.1 cm³/mol. The Bertz CT molecular complexity index is 612. The Labute approximate surface area is 135 Å². The molecule has 0 spiro atoms. The highest BCUT2D eigenvalue weighted by Gasteiger charge is 2.35. The highest BCUT2D eigenvalue weighted by atomic mass is 16.5. The van der Waals surface area contributed by atoms with Crippen molar-refractivity contribution in [3.8, 4) is 11.8 Å². The van der Waals surface area contributed by atoms with Crippen LogP contribution in [0.15, 0.2) is 24.3 Å². The summed E-state index contributed by atoms with van der Waals surface area (Å²) in [4.78, 5) is 23.1. The Balaban J connectivity index is 1.96. The lowest BCUT2D eigenvalue weighted by Gasteiger charge is -2.32. The zero-order chi connectivity index (χ0) is 16.9. The summed E-state index contributed by atoms with van der Waals surface area (Å²) in [6, 6.07) is 8.08. The third-order valence-electron chi connectivity index (χ3n) is 4.07. The highest BCUT2D eigenvalue weighted by molar-refractivity contribution is 5.87. The molecule has 1 fully saturated rings. The zero-order valence-corrected chi connectivity index (χ0v) is 13.0. The maximum Gasteiger partial charge on any atom is 0.335 e. The molecule has 1 aliphatic carbocycles. The molecule has 1 amide bonds. The van der Waals surface area contributed by atoms with Crippen molar-refractivity contribution in [1.82, 2.24) is 5.32 Å². The molecule has 1 aromatic carbocycles. The number of carbonyl (C=O) groups excluding carboxylic acids is 1. The van der Waals surface area contributed by atoms with Crippen molar-refractivity contribution in [1.29, 1.82) is 5.26 Å². The molecule has 1 aromatic rings. The number of hydrogen-bond donors (Lipinski definition) is 2. The molecule has 0 radical (unpaired) electrons. The number of rotatable bonds is 5. The molecule has 1 atom stereocenters. The van der Waals surface area contributed by atoms with E-state index in [-0.39, 0.29) is 11.5 Å². The molecule has 0 heterocycles. The van der Waals surface area contributed by atoms with Gasteiger partial charge in [0.1, 0.15) is 11.3 Å². The monoisotopic (exact) mass is 316 g/mol. The van der Waals surface area contributed by atoms with Crippen LogP contribution in [0.4, 0.5) is 0 Å². The first-order valence-electron chi connectivity index (χ1n) is 7.69. The van der Waals surface area contributed by atoms with Crippen molar-refractivity contribution in [2.45, 2.75) is 50.7 Å². The zero-order valence-electron chi connectivity index (χ0n) is 13.0. The summed E-state index contributed by atoms with van der Waals surface area (Å²) in [5.74, 6) is -0.946. The quantitative estimate of drug-likeness (QED) is 0.869. The van der Waals surface area contributed by atoms with E-state index in [1.165, 1.54) is 24.3 Å². The summed E-state index contributed by atoms with van der Waals surface area (Å²) >= 11 is 0. The van der Waals surface area contributed by atoms with Gasteiger partial charge in [0.25, 0.3) is 5.91 Å². The van der Waals surface area contributed by atoms with Crippen LogP contribution < -0.4 is 10.1 Å². The van der Waals surface area contributed by atoms with E-state index in [0.717, 1.165) is 19.3 Å². The predicted octanol–water partition coefficient (Wildman–Crippen LogP) is 2.49. The van der Waals surface area contributed by atoms with E-state index in [4.69, 9.17) is 9.84 Å². The van der Waals surface area contributed by atoms with Gasteiger partial charge in [0.05, 0.1) is 11.6 Å². The summed E-state index contributed by atoms with van der Waals surface area (Å²) in [6.07, 6.45) is 3.50. The minimum atomic E-state index is -1.02. The van der Waals surface area contributed by atoms with Gasteiger partial charge in [0.15, 0.2) is 6.10 Å². The molecular formula is C17H20N2O4. The van der Waals surface area contributed by atoms with Crippen LogP contribution in [0.2, 0.25) is 0 Å². The molecule has 0 aromatic heterocycles. The summed E-state index contributed by atoms with van der Waals surface area (Å²) in [5.41, 5.74) is -0.639. The summed E-state index contributed by atoms with van der Waals surface area (Å²) < 4.78 is 5.53. The molecule has 23 heavy (non-hydrogen) atoms. The van der Waals surface area contributed by atoms with Gasteiger partial charge in [-0.25, -0.2) is 4.79 Å². The van der Waals surface area contributed by atoms with Gasteiger partial charge in [-0.1, -0.05) is 19.3 Å². The van der Waals surface area contributed by atoms with Gasteiger partial charge >= 0.3 is 5.97 Å². The fraction of sp³-hybridized carbons (Fsp3) is 0.471. The average Bonchev–Trinajstić information content (AvgIpc) is 2.56. The van der Waals surface area contributed by atoms with Crippen LogP contribution in [0.25, 0.3) is 0 Å². The van der Waals surface area contributed by atoms with Crippen LogP contribution in [-0.4, -0.2) is 28.6 Å². The van der Waals surface area contributed by atoms with E-state index < -0.39 is 17.6 Å². The third-order valence-corrected chi connectivity index (χ3v) is 4.07. The number of amides is 1. The molecule has 2 N–H and O–H groups in total. The first-order chi connectivity index (χ1) is 11.0. The third kappa shape index (κ3) is 4.22. The van der Waals surface area contributed by atoms with Gasteiger partial charge in [0, 0.05) is 0 Å². The van der Waals surface area contributed by atoms with Crippen molar-refractivity contribution in [3.05, 3.63) is 29.8 Å². The fourth-order valence-corrected chi connectivity index (χ4v) is 2.69. The smallest absolute Gasteiger partial charge is 0.335 e. The number of hydrogen-bond acceptors (Lipinski definition) is 4. The van der Waals surface area contributed by atoms with Crippen LogP contribution in [0, 0.1) is 11.3 Å². The number of nitrogens with zero attached hydrogens (tertiary/aromatic N) is 1. The van der Waals surface area contributed by atoms with Crippen molar-refractivity contribution >= 4 is 11.9 Å². The van der Waals surface area contributed by atoms with Crippen LogP contribution in [0.3, 0.4) is 0 Å². The van der Waals surface area contributed by atoms with Crippen LogP contribution in [0.5, 0.6) is 5.75 Å². The van der Waals surface area contributed by atoms with Gasteiger partial charge < -0.3 is 15.2 Å². The Kier molecular flexibility index (Phi) is 5.22. The second kappa shape index (κ2) is 7.14. The molecule has 1 unspecified atom stereocenters. The number of carbonyl (C=O) groups is 2. The number of aromatic carboxylic acids is 1. The molecule has 0 bridgehead atoms. The van der Waals surface area contributed by atoms with Crippen molar-refractivity contribution in [2.24, 2.45) is 0 Å². The lowest BCUT2D eigenvalue weighted by atomic mass is 9.83. The van der Waals surface area contributed by atoms with Crippen molar-refractivity contribution in [2.75, 3.05) is 0 Å². The molecule has 6 nitrogen and oxygen atoms in total. The van der Waals surface area contributed by atoms with E-state index in [2.05, 4.69) is 11.4 Å². The second-order valence-corrected chi connectivity index (χ2v) is 5.83. The van der Waals surface area contributed by atoms with Gasteiger partial charge in [-0.15, -0.1) is 0 Å². The number of nitriles is 1. The molecule has 1 saturated carbocycles. The first kappa shape index (κ1) is 16.8. The van der Waals surface area contributed by atoms with Crippen LogP contribution in [0.1, 0.15) is 49.4 Å². The van der Waals surface area contributed by atoms with E-state index in [0.29, 0.717) is 18.6 Å². The SMILES string of the molecule is CC(Oc1ccc(C(=O)O)cc1)C(=O)NC1(C#N)CCCCC1. The topological polar surface area (TPSA) is 99.4 Å². The summed E-state index contributed by atoms with van der Waals surface area (Å²) in [7, 11) is 0.